The Kier molecular flexibility index (Phi) is 2.23. The molecule has 0 spiro atoms. The van der Waals surface area contributed by atoms with Gasteiger partial charge < -0.3 is 4.90 Å². The van der Waals surface area contributed by atoms with E-state index < -0.39 is 3.23 Å². The summed E-state index contributed by atoms with van der Waals surface area (Å²) in [6.45, 7) is 3.99. The normalized spacial score (nSPS) is 37.4. The fourth-order valence-corrected chi connectivity index (χ4v) is 4.64. The number of rotatable bonds is 0. The van der Waals surface area contributed by atoms with Gasteiger partial charge in [-0.2, -0.15) is 5.26 Å². The quantitative estimate of drug-likeness (QED) is 0.501. The van der Waals surface area contributed by atoms with Crippen molar-refractivity contribution in [2.75, 3.05) is 0 Å². The maximum atomic E-state index is 11.7. The summed E-state index contributed by atoms with van der Waals surface area (Å²) in [5, 5.41) is 9.05. The monoisotopic (exact) mass is 338 g/mol. The molecule has 0 bridgehead atoms. The van der Waals surface area contributed by atoms with E-state index in [1.807, 2.05) is 13.8 Å². The molecule has 6 heteroatoms. The molecule has 2 saturated heterocycles. The molecule has 0 saturated carbocycles. The highest BCUT2D eigenvalue weighted by Crippen LogP contribution is 2.59. The highest BCUT2D eigenvalue weighted by Gasteiger charge is 2.68. The fourth-order valence-electron chi connectivity index (χ4n) is 1.78. The van der Waals surface area contributed by atoms with Crippen molar-refractivity contribution in [3.05, 3.63) is 0 Å². The summed E-state index contributed by atoms with van der Waals surface area (Å²) in [5.74, 6) is -0.0490. The molecule has 2 atom stereocenters. The predicted octanol–water partition coefficient (Wildman–Crippen LogP) is 2.06. The molecule has 14 heavy (non-hydrogen) atoms. The topological polar surface area (TPSA) is 44.1 Å². The third kappa shape index (κ3) is 1.12. The van der Waals surface area contributed by atoms with Gasteiger partial charge >= 0.3 is 0 Å². The predicted molar refractivity (Wildman–Crippen MR) is 62.3 cm³/mol. The van der Waals surface area contributed by atoms with Crippen molar-refractivity contribution in [2.24, 2.45) is 0 Å². The SMILES string of the molecule is CC1(C)S[C@H]2N(C(=O)C2(Br)Br)[C@H]1C#N. The number of hydrogen-bond acceptors (Lipinski definition) is 3. The number of fused-ring (bicyclic) bond motifs is 1. The van der Waals surface area contributed by atoms with Crippen molar-refractivity contribution in [1.29, 1.82) is 5.26 Å². The largest absolute Gasteiger partial charge is 0.308 e. The van der Waals surface area contributed by atoms with E-state index >= 15 is 0 Å². The number of halogens is 2. The molecule has 0 aromatic carbocycles. The first kappa shape index (κ1) is 10.8. The van der Waals surface area contributed by atoms with Crippen LogP contribution in [0.25, 0.3) is 0 Å². The second-order valence-electron chi connectivity index (χ2n) is 3.94. The number of carbonyl (C=O) groups excluding carboxylic acids is 1. The maximum Gasteiger partial charge on any atom is 0.255 e. The number of hydrogen-bond donors (Lipinski definition) is 0. The molecule has 2 rings (SSSR count). The smallest absolute Gasteiger partial charge is 0.255 e. The number of thioether (sulfide) groups is 1. The van der Waals surface area contributed by atoms with E-state index in [1.54, 1.807) is 16.7 Å². The number of nitriles is 1. The van der Waals surface area contributed by atoms with Gasteiger partial charge in [-0.05, 0) is 13.8 Å². The Morgan fingerprint density at radius 1 is 1.57 bits per heavy atom. The molecule has 0 N–H and O–H groups in total. The van der Waals surface area contributed by atoms with Crippen LogP contribution in [0.15, 0.2) is 0 Å². The third-order valence-electron chi connectivity index (χ3n) is 2.56. The summed E-state index contributed by atoms with van der Waals surface area (Å²) in [4.78, 5) is 13.3. The lowest BCUT2D eigenvalue weighted by molar-refractivity contribution is -0.142. The molecule has 2 fully saturated rings. The molecule has 0 unspecified atom stereocenters. The first-order chi connectivity index (χ1) is 6.32. The van der Waals surface area contributed by atoms with E-state index in [4.69, 9.17) is 5.26 Å². The Bertz CT molecular complexity index is 350. The lowest BCUT2D eigenvalue weighted by atomic mass is 10.00. The number of nitrogens with zero attached hydrogens (tertiary/aromatic N) is 2. The van der Waals surface area contributed by atoms with Gasteiger partial charge in [0.1, 0.15) is 11.4 Å². The fraction of sp³-hybridized carbons (Fsp3) is 0.750. The molecule has 0 radical (unpaired) electrons. The molecule has 0 aromatic heterocycles. The number of carbonyl (C=O) groups is 1. The van der Waals surface area contributed by atoms with Gasteiger partial charge in [0.2, 0.25) is 0 Å². The third-order valence-corrected chi connectivity index (χ3v) is 6.34. The summed E-state index contributed by atoms with van der Waals surface area (Å²) in [7, 11) is 0. The lowest BCUT2D eigenvalue weighted by Crippen LogP contribution is -2.66. The standard InChI is InChI=1S/C8H8Br2N2OS/c1-7(2)4(3-11)12-5(13)8(9,10)6(12)14-7/h4,6H,1-2H3/t4-,6+/m0/s1. The van der Waals surface area contributed by atoms with E-state index in [1.165, 1.54) is 0 Å². The van der Waals surface area contributed by atoms with E-state index in [0.717, 1.165) is 0 Å². The minimum Gasteiger partial charge on any atom is -0.308 e. The first-order valence-electron chi connectivity index (χ1n) is 4.10. The zero-order valence-corrected chi connectivity index (χ0v) is 11.6. The highest BCUT2D eigenvalue weighted by atomic mass is 79.9. The van der Waals surface area contributed by atoms with Crippen molar-refractivity contribution < 1.29 is 4.79 Å². The maximum absolute atomic E-state index is 11.7. The molecular formula is C8H8Br2N2OS. The van der Waals surface area contributed by atoms with Crippen LogP contribution in [0.3, 0.4) is 0 Å². The molecular weight excluding hydrogens is 332 g/mol. The van der Waals surface area contributed by atoms with Gasteiger partial charge in [0, 0.05) is 4.75 Å². The Morgan fingerprint density at radius 2 is 2.14 bits per heavy atom. The minimum absolute atomic E-state index is 0.0228. The van der Waals surface area contributed by atoms with E-state index in [-0.39, 0.29) is 22.1 Å². The summed E-state index contributed by atoms with van der Waals surface area (Å²) in [5.41, 5.74) is 0. The molecule has 0 aromatic rings. The number of β-lactam (4-membered cyclic amide) rings is 1. The summed E-state index contributed by atoms with van der Waals surface area (Å²) in [6, 6.07) is 1.87. The van der Waals surface area contributed by atoms with Crippen LogP contribution in [-0.2, 0) is 4.79 Å². The molecule has 3 nitrogen and oxygen atoms in total. The van der Waals surface area contributed by atoms with Crippen LogP contribution in [-0.4, -0.2) is 30.2 Å². The minimum atomic E-state index is -0.659. The van der Waals surface area contributed by atoms with Crippen LogP contribution in [0.2, 0.25) is 0 Å². The van der Waals surface area contributed by atoms with Crippen LogP contribution < -0.4 is 0 Å². The molecule has 1 amide bonds. The molecule has 76 valence electrons. The average Bonchev–Trinajstić information content (AvgIpc) is 2.35. The van der Waals surface area contributed by atoms with E-state index in [0.29, 0.717) is 0 Å². The Hall–Kier alpha value is 0.270. The van der Waals surface area contributed by atoms with Crippen LogP contribution >= 0.6 is 43.6 Å². The summed E-state index contributed by atoms with van der Waals surface area (Å²) >= 11 is 8.33. The van der Waals surface area contributed by atoms with E-state index in [9.17, 15) is 4.79 Å². The van der Waals surface area contributed by atoms with Crippen LogP contribution in [0.1, 0.15) is 13.8 Å². The lowest BCUT2D eigenvalue weighted by Gasteiger charge is -2.45. The van der Waals surface area contributed by atoms with Crippen molar-refractivity contribution in [3.63, 3.8) is 0 Å². The van der Waals surface area contributed by atoms with Gasteiger partial charge in [-0.3, -0.25) is 4.79 Å². The molecule has 2 heterocycles. The van der Waals surface area contributed by atoms with Crippen LogP contribution in [0.4, 0.5) is 0 Å². The second kappa shape index (κ2) is 2.89. The second-order valence-corrected chi connectivity index (χ2v) is 9.24. The van der Waals surface area contributed by atoms with Gasteiger partial charge in [-0.1, -0.05) is 31.9 Å². The highest BCUT2D eigenvalue weighted by molar-refractivity contribution is 9.26. The zero-order chi connectivity index (χ0) is 10.7. The Labute approximate surface area is 103 Å². The van der Waals surface area contributed by atoms with Crippen molar-refractivity contribution in [2.45, 2.75) is 33.2 Å². The van der Waals surface area contributed by atoms with Crippen molar-refractivity contribution >= 4 is 49.5 Å². The molecule has 2 aliphatic rings. The summed E-state index contributed by atoms with van der Waals surface area (Å²) in [6.07, 6.45) is 0. The van der Waals surface area contributed by atoms with Gasteiger partial charge in [0.25, 0.3) is 5.91 Å². The summed E-state index contributed by atoms with van der Waals surface area (Å²) < 4.78 is -0.855. The average molecular weight is 340 g/mol. The number of alkyl halides is 2. The van der Waals surface area contributed by atoms with Crippen molar-refractivity contribution in [1.82, 2.24) is 4.90 Å². The van der Waals surface area contributed by atoms with E-state index in [2.05, 4.69) is 37.9 Å². The van der Waals surface area contributed by atoms with Crippen LogP contribution in [0.5, 0.6) is 0 Å². The van der Waals surface area contributed by atoms with Crippen molar-refractivity contribution in [3.8, 4) is 6.07 Å². The zero-order valence-electron chi connectivity index (χ0n) is 7.62. The van der Waals surface area contributed by atoms with Gasteiger partial charge in [-0.15, -0.1) is 11.8 Å². The molecule has 2 aliphatic heterocycles. The van der Waals surface area contributed by atoms with Crippen LogP contribution in [0, 0.1) is 11.3 Å². The Balaban J connectivity index is 2.36. The first-order valence-corrected chi connectivity index (χ1v) is 6.57. The van der Waals surface area contributed by atoms with Gasteiger partial charge in [-0.25, -0.2) is 0 Å². The van der Waals surface area contributed by atoms with Gasteiger partial charge in [0.15, 0.2) is 3.23 Å². The Morgan fingerprint density at radius 3 is 2.64 bits per heavy atom. The van der Waals surface area contributed by atoms with Gasteiger partial charge in [0.05, 0.1) is 6.07 Å². The molecule has 0 aliphatic carbocycles. The number of amides is 1.